The summed E-state index contributed by atoms with van der Waals surface area (Å²) in [5, 5.41) is 38.3. The zero-order valence-corrected chi connectivity index (χ0v) is 21.2. The van der Waals surface area contributed by atoms with Gasteiger partial charge in [-0.2, -0.15) is 0 Å². The number of benzene rings is 3. The van der Waals surface area contributed by atoms with E-state index in [9.17, 15) is 49.2 Å². The van der Waals surface area contributed by atoms with Gasteiger partial charge in [-0.1, -0.05) is 18.2 Å². The molecule has 0 aliphatic carbocycles. The van der Waals surface area contributed by atoms with Gasteiger partial charge in [-0.3, -0.25) is 0 Å². The molecule has 0 radical (unpaired) electrons. The molecule has 12 heteroatoms. The van der Waals surface area contributed by atoms with Gasteiger partial charge < -0.3 is 29.9 Å². The molecule has 0 unspecified atom stereocenters. The van der Waals surface area contributed by atoms with Crippen LogP contribution in [0.1, 0.15) is 84.8 Å². The van der Waals surface area contributed by atoms with Crippen molar-refractivity contribution in [2.45, 2.75) is 18.8 Å². The van der Waals surface area contributed by atoms with Crippen molar-refractivity contribution in [2.75, 3.05) is 13.2 Å². The van der Waals surface area contributed by atoms with Crippen molar-refractivity contribution in [1.82, 2.24) is 0 Å². The number of hydrogen-bond donors (Lipinski definition) is 4. The lowest BCUT2D eigenvalue weighted by molar-refractivity contribution is 0.0276. The quantitative estimate of drug-likeness (QED) is 0.277. The molecule has 0 atom stereocenters. The number of aromatic carboxylic acids is 4. The Bertz CT molecular complexity index is 1530. The molecule has 3 aromatic rings. The number of carboxylic acids is 4. The lowest BCUT2D eigenvalue weighted by Gasteiger charge is -2.22. The second-order valence-corrected chi connectivity index (χ2v) is 9.14. The number of ether oxygens (including phenoxy) is 2. The van der Waals surface area contributed by atoms with Crippen LogP contribution >= 0.6 is 0 Å². The summed E-state index contributed by atoms with van der Waals surface area (Å²) in [6.07, 6.45) is -0.212. The maximum atomic E-state index is 13.0. The Labute approximate surface area is 231 Å². The Balaban J connectivity index is 1.89. The fourth-order valence-electron chi connectivity index (χ4n) is 4.64. The highest BCUT2D eigenvalue weighted by atomic mass is 16.6. The summed E-state index contributed by atoms with van der Waals surface area (Å²) in [7, 11) is 0. The number of cyclic esters (lactones) is 2. The summed E-state index contributed by atoms with van der Waals surface area (Å²) in [6.45, 7) is -0.385. The summed E-state index contributed by atoms with van der Waals surface area (Å²) in [4.78, 5) is 72.3. The highest BCUT2D eigenvalue weighted by Crippen LogP contribution is 2.32. The van der Waals surface area contributed by atoms with Gasteiger partial charge in [0, 0.05) is 0 Å². The van der Waals surface area contributed by atoms with Crippen LogP contribution < -0.4 is 0 Å². The Morgan fingerprint density at radius 3 is 1.59 bits per heavy atom. The predicted octanol–water partition coefficient (Wildman–Crippen LogP) is 3.38. The van der Waals surface area contributed by atoms with E-state index in [1.54, 1.807) is 0 Å². The Hall–Kier alpha value is -5.52. The molecule has 0 spiro atoms. The average molecular weight is 562 g/mol. The third kappa shape index (κ3) is 6.22. The number of esters is 2. The number of carbonyl (C=O) groups is 6. The topological polar surface area (TPSA) is 202 Å². The first-order valence-corrected chi connectivity index (χ1v) is 12.1. The first kappa shape index (κ1) is 28.5. The van der Waals surface area contributed by atoms with Gasteiger partial charge in [0.15, 0.2) is 0 Å². The molecule has 2 bridgehead atoms. The van der Waals surface area contributed by atoms with E-state index < -0.39 is 41.7 Å². The first-order valence-electron chi connectivity index (χ1n) is 12.1. The zero-order valence-electron chi connectivity index (χ0n) is 21.2. The van der Waals surface area contributed by atoms with Gasteiger partial charge >= 0.3 is 35.8 Å². The molecule has 12 nitrogen and oxygen atoms in total. The minimum Gasteiger partial charge on any atom is -0.478 e. The SMILES string of the molecule is O=C(O)c1ccc(CC(Cc2ccc(C(=O)O)cc2C(=O)O)c2ccc3cc2C(=O)OCCOC3=O)c(C(=O)O)c1. The molecular formula is C29H22O12. The van der Waals surface area contributed by atoms with Gasteiger partial charge in [0.25, 0.3) is 0 Å². The van der Waals surface area contributed by atoms with Crippen LogP contribution in [0.4, 0.5) is 0 Å². The summed E-state index contributed by atoms with van der Waals surface area (Å²) in [5.74, 6) is -7.76. The molecule has 0 fully saturated rings. The summed E-state index contributed by atoms with van der Waals surface area (Å²) in [6, 6.07) is 11.2. The normalized spacial score (nSPS) is 12.9. The number of fused-ring (bicyclic) bond motifs is 2. The van der Waals surface area contributed by atoms with Crippen molar-refractivity contribution in [1.29, 1.82) is 0 Å². The number of carbonyl (C=O) groups excluding carboxylic acids is 2. The molecule has 1 aliphatic rings. The lowest BCUT2D eigenvalue weighted by Crippen LogP contribution is -2.18. The summed E-state index contributed by atoms with van der Waals surface area (Å²) >= 11 is 0. The average Bonchev–Trinajstić information content (AvgIpc) is 2.98. The number of rotatable bonds is 9. The van der Waals surface area contributed by atoms with Crippen molar-refractivity contribution in [3.05, 3.63) is 105 Å². The molecule has 0 aromatic heterocycles. The summed E-state index contributed by atoms with van der Waals surface area (Å²) < 4.78 is 10.3. The van der Waals surface area contributed by atoms with Crippen molar-refractivity contribution >= 4 is 35.8 Å². The highest BCUT2D eigenvalue weighted by Gasteiger charge is 2.28. The maximum Gasteiger partial charge on any atom is 0.338 e. The smallest absolute Gasteiger partial charge is 0.338 e. The Kier molecular flexibility index (Phi) is 8.13. The third-order valence-electron chi connectivity index (χ3n) is 6.61. The van der Waals surface area contributed by atoms with Gasteiger partial charge in [-0.25, -0.2) is 28.8 Å². The molecule has 1 aliphatic heterocycles. The molecule has 4 N–H and O–H groups in total. The van der Waals surface area contributed by atoms with Gasteiger partial charge in [-0.15, -0.1) is 0 Å². The number of carboxylic acid groups (broad SMARTS) is 4. The van der Waals surface area contributed by atoms with Gasteiger partial charge in [0.1, 0.15) is 13.2 Å². The number of hydrogen-bond acceptors (Lipinski definition) is 8. The minimum atomic E-state index is -1.40. The molecular weight excluding hydrogens is 540 g/mol. The van der Waals surface area contributed by atoms with Gasteiger partial charge in [-0.05, 0) is 71.8 Å². The van der Waals surface area contributed by atoms with Crippen LogP contribution in [0, 0.1) is 0 Å². The highest BCUT2D eigenvalue weighted by molar-refractivity contribution is 5.98. The van der Waals surface area contributed by atoms with E-state index in [1.807, 2.05) is 0 Å². The third-order valence-corrected chi connectivity index (χ3v) is 6.61. The van der Waals surface area contributed by atoms with Crippen molar-refractivity contribution in [2.24, 2.45) is 0 Å². The lowest BCUT2D eigenvalue weighted by atomic mass is 9.81. The standard InChI is InChI=1S/C29H22O12/c30-24(31)16-3-1-14(21(11-16)26(34)35)9-19(10-15-2-4-17(25(32)33)12-22(15)27(36)37)20-6-5-18-13-23(20)29(39)41-8-7-40-28(18)38/h1-6,11-13,19H,7-10H2,(H,30,31)(H,32,33)(H,34,35)(H,36,37). The fourth-order valence-corrected chi connectivity index (χ4v) is 4.64. The van der Waals surface area contributed by atoms with Gasteiger partial charge in [0.05, 0.1) is 33.4 Å². The van der Waals surface area contributed by atoms with E-state index in [0.717, 1.165) is 12.1 Å². The second kappa shape index (κ2) is 11.7. The van der Waals surface area contributed by atoms with E-state index in [2.05, 4.69) is 0 Å². The van der Waals surface area contributed by atoms with Crippen LogP contribution in [0.2, 0.25) is 0 Å². The van der Waals surface area contributed by atoms with Gasteiger partial charge in [0.2, 0.25) is 0 Å². The fraction of sp³-hybridized carbons (Fsp3) is 0.172. The molecule has 210 valence electrons. The minimum absolute atomic E-state index is 0.0237. The van der Waals surface area contributed by atoms with E-state index in [4.69, 9.17) is 9.47 Å². The van der Waals surface area contributed by atoms with E-state index in [-0.39, 0.29) is 70.6 Å². The molecule has 1 heterocycles. The monoisotopic (exact) mass is 562 g/mol. The van der Waals surface area contributed by atoms with Crippen LogP contribution in [-0.4, -0.2) is 69.5 Å². The van der Waals surface area contributed by atoms with E-state index >= 15 is 0 Å². The zero-order chi connectivity index (χ0) is 29.8. The predicted molar refractivity (Wildman–Crippen MR) is 138 cm³/mol. The van der Waals surface area contributed by atoms with Crippen LogP contribution in [0.25, 0.3) is 0 Å². The molecule has 41 heavy (non-hydrogen) atoms. The van der Waals surface area contributed by atoms with Crippen molar-refractivity contribution in [3.63, 3.8) is 0 Å². The second-order valence-electron chi connectivity index (χ2n) is 9.14. The Morgan fingerprint density at radius 2 is 1.12 bits per heavy atom. The molecule has 4 rings (SSSR count). The molecule has 0 amide bonds. The van der Waals surface area contributed by atoms with E-state index in [1.165, 1.54) is 42.5 Å². The van der Waals surface area contributed by atoms with Crippen LogP contribution in [0.15, 0.2) is 54.6 Å². The first-order chi connectivity index (χ1) is 19.5. The van der Waals surface area contributed by atoms with Crippen LogP contribution in [-0.2, 0) is 22.3 Å². The summed E-state index contributed by atoms with van der Waals surface area (Å²) in [5.41, 5.74) is -0.409. The largest absolute Gasteiger partial charge is 0.478 e. The van der Waals surface area contributed by atoms with Crippen molar-refractivity contribution < 1.29 is 58.7 Å². The molecule has 0 saturated heterocycles. The van der Waals surface area contributed by atoms with Crippen molar-refractivity contribution in [3.8, 4) is 0 Å². The van der Waals surface area contributed by atoms with E-state index in [0.29, 0.717) is 5.56 Å². The Morgan fingerprint density at radius 1 is 0.634 bits per heavy atom. The maximum absolute atomic E-state index is 13.0. The van der Waals surface area contributed by atoms with Crippen LogP contribution in [0.5, 0.6) is 0 Å². The molecule has 3 aromatic carbocycles. The van der Waals surface area contributed by atoms with Crippen LogP contribution in [0.3, 0.4) is 0 Å². The molecule has 0 saturated carbocycles.